The van der Waals surface area contributed by atoms with Gasteiger partial charge in [-0.15, -0.1) is 0 Å². The Morgan fingerprint density at radius 3 is 2.58 bits per heavy atom. The molecule has 0 aromatic heterocycles. The first-order chi connectivity index (χ1) is 16.1. The summed E-state index contributed by atoms with van der Waals surface area (Å²) in [4.78, 5) is 12.4. The largest absolute Gasteiger partial charge is 0.465 e. The quantitative estimate of drug-likeness (QED) is 0.254. The SMILES string of the molecule is CCCCOCC(CC1CCCCC1)OCc1ccc(C(=O)OC)c(-c2ccccc2C)c1. The van der Waals surface area contributed by atoms with Crippen LogP contribution in [0, 0.1) is 12.8 Å². The lowest BCUT2D eigenvalue weighted by molar-refractivity contribution is -0.0385. The van der Waals surface area contributed by atoms with Gasteiger partial charge in [0.15, 0.2) is 0 Å². The molecule has 0 heterocycles. The summed E-state index contributed by atoms with van der Waals surface area (Å²) in [6, 6.07) is 14.0. The Balaban J connectivity index is 1.74. The predicted octanol–water partition coefficient (Wildman–Crippen LogP) is 7.12. The van der Waals surface area contributed by atoms with Gasteiger partial charge < -0.3 is 14.2 Å². The van der Waals surface area contributed by atoms with Crippen LogP contribution in [0.5, 0.6) is 0 Å². The smallest absolute Gasteiger partial charge is 0.338 e. The third-order valence-corrected chi connectivity index (χ3v) is 6.68. The van der Waals surface area contributed by atoms with E-state index in [9.17, 15) is 4.79 Å². The zero-order valence-electron chi connectivity index (χ0n) is 20.6. The van der Waals surface area contributed by atoms with E-state index in [1.165, 1.54) is 39.2 Å². The monoisotopic (exact) mass is 452 g/mol. The molecule has 3 rings (SSSR count). The van der Waals surface area contributed by atoms with Crippen molar-refractivity contribution in [2.45, 2.75) is 77.9 Å². The molecule has 180 valence electrons. The van der Waals surface area contributed by atoms with Crippen molar-refractivity contribution in [3.63, 3.8) is 0 Å². The Morgan fingerprint density at radius 2 is 1.85 bits per heavy atom. The van der Waals surface area contributed by atoms with Crippen LogP contribution in [-0.2, 0) is 20.8 Å². The zero-order valence-corrected chi connectivity index (χ0v) is 20.6. The summed E-state index contributed by atoms with van der Waals surface area (Å²) in [6.07, 6.45) is 10.0. The zero-order chi connectivity index (χ0) is 23.5. The second kappa shape index (κ2) is 13.5. The molecule has 0 spiro atoms. The van der Waals surface area contributed by atoms with E-state index >= 15 is 0 Å². The summed E-state index contributed by atoms with van der Waals surface area (Å²) in [6.45, 7) is 6.21. The number of ether oxygens (including phenoxy) is 3. The molecule has 0 amide bonds. The molecule has 0 bridgehead atoms. The molecule has 0 N–H and O–H groups in total. The maximum Gasteiger partial charge on any atom is 0.338 e. The highest BCUT2D eigenvalue weighted by atomic mass is 16.5. The minimum Gasteiger partial charge on any atom is -0.465 e. The summed E-state index contributed by atoms with van der Waals surface area (Å²) in [5.41, 5.74) is 4.70. The standard InChI is InChI=1S/C29H40O4/c1-4-5-17-32-21-25(18-23-12-7-6-8-13-23)33-20-24-15-16-27(29(30)31-3)28(19-24)26-14-10-9-11-22(26)2/h9-11,14-16,19,23,25H,4-8,12-13,17-18,20-21H2,1-3H3. The van der Waals surface area contributed by atoms with E-state index in [1.807, 2.05) is 24.3 Å². The number of esters is 1. The molecule has 1 fully saturated rings. The van der Waals surface area contributed by atoms with Crippen LogP contribution < -0.4 is 0 Å². The van der Waals surface area contributed by atoms with Crippen LogP contribution in [0.15, 0.2) is 42.5 Å². The predicted molar refractivity (Wildman–Crippen MR) is 133 cm³/mol. The normalized spacial score (nSPS) is 15.4. The third-order valence-electron chi connectivity index (χ3n) is 6.68. The fourth-order valence-corrected chi connectivity index (χ4v) is 4.72. The van der Waals surface area contributed by atoms with Gasteiger partial charge in [0.1, 0.15) is 0 Å². The number of hydrogen-bond donors (Lipinski definition) is 0. The number of methoxy groups -OCH3 is 1. The number of unbranched alkanes of at least 4 members (excludes halogenated alkanes) is 1. The van der Waals surface area contributed by atoms with E-state index in [1.54, 1.807) is 0 Å². The van der Waals surface area contributed by atoms with Crippen LogP contribution in [-0.4, -0.2) is 32.4 Å². The third kappa shape index (κ3) is 7.68. The Hall–Kier alpha value is -2.17. The molecule has 4 heteroatoms. The Morgan fingerprint density at radius 1 is 1.06 bits per heavy atom. The number of benzene rings is 2. The molecule has 1 atom stereocenters. The molecule has 4 nitrogen and oxygen atoms in total. The van der Waals surface area contributed by atoms with Gasteiger partial charge in [0.05, 0.1) is 32.0 Å². The summed E-state index contributed by atoms with van der Waals surface area (Å²) >= 11 is 0. The lowest BCUT2D eigenvalue weighted by Gasteiger charge is -2.27. The molecule has 1 unspecified atom stereocenters. The summed E-state index contributed by atoms with van der Waals surface area (Å²) in [7, 11) is 1.43. The molecule has 0 saturated heterocycles. The number of carbonyl (C=O) groups excluding carboxylic acids is 1. The average molecular weight is 453 g/mol. The summed E-state index contributed by atoms with van der Waals surface area (Å²) in [5, 5.41) is 0. The lowest BCUT2D eigenvalue weighted by Crippen LogP contribution is -2.25. The maximum absolute atomic E-state index is 12.4. The molecule has 1 aliphatic carbocycles. The van der Waals surface area contributed by atoms with Crippen LogP contribution in [0.25, 0.3) is 11.1 Å². The number of carbonyl (C=O) groups is 1. The van der Waals surface area contributed by atoms with Gasteiger partial charge in [-0.1, -0.05) is 75.8 Å². The van der Waals surface area contributed by atoms with Crippen molar-refractivity contribution in [3.05, 3.63) is 59.2 Å². The van der Waals surface area contributed by atoms with E-state index in [2.05, 4.69) is 32.0 Å². The molecular weight excluding hydrogens is 412 g/mol. The van der Waals surface area contributed by atoms with Crippen LogP contribution in [0.3, 0.4) is 0 Å². The fourth-order valence-electron chi connectivity index (χ4n) is 4.72. The van der Waals surface area contributed by atoms with Gasteiger partial charge in [0.25, 0.3) is 0 Å². The van der Waals surface area contributed by atoms with Gasteiger partial charge in [-0.25, -0.2) is 4.79 Å². The minimum absolute atomic E-state index is 0.104. The van der Waals surface area contributed by atoms with Crippen molar-refractivity contribution < 1.29 is 19.0 Å². The molecule has 2 aromatic carbocycles. The fraction of sp³-hybridized carbons (Fsp3) is 0.552. The van der Waals surface area contributed by atoms with E-state index in [4.69, 9.17) is 14.2 Å². The minimum atomic E-state index is -0.319. The highest BCUT2D eigenvalue weighted by Gasteiger charge is 2.21. The first-order valence-corrected chi connectivity index (χ1v) is 12.6. The second-order valence-electron chi connectivity index (χ2n) is 9.29. The first kappa shape index (κ1) is 25.5. The molecule has 0 radical (unpaired) electrons. The van der Waals surface area contributed by atoms with E-state index in [0.717, 1.165) is 54.0 Å². The second-order valence-corrected chi connectivity index (χ2v) is 9.29. The van der Waals surface area contributed by atoms with E-state index in [0.29, 0.717) is 18.8 Å². The molecule has 2 aromatic rings. The lowest BCUT2D eigenvalue weighted by atomic mass is 9.85. The van der Waals surface area contributed by atoms with Gasteiger partial charge in [0.2, 0.25) is 0 Å². The summed E-state index contributed by atoms with van der Waals surface area (Å²) in [5.74, 6) is 0.419. The Kier molecular flexibility index (Phi) is 10.4. The van der Waals surface area contributed by atoms with Gasteiger partial charge in [-0.3, -0.25) is 0 Å². The molecular formula is C29H40O4. The number of rotatable bonds is 12. The van der Waals surface area contributed by atoms with Crippen LogP contribution >= 0.6 is 0 Å². The van der Waals surface area contributed by atoms with Crippen LogP contribution in [0.2, 0.25) is 0 Å². The van der Waals surface area contributed by atoms with Crippen molar-refractivity contribution >= 4 is 5.97 Å². The van der Waals surface area contributed by atoms with Gasteiger partial charge in [0, 0.05) is 6.61 Å². The molecule has 33 heavy (non-hydrogen) atoms. The van der Waals surface area contributed by atoms with Crippen LogP contribution in [0.4, 0.5) is 0 Å². The Labute approximate surface area is 199 Å². The van der Waals surface area contributed by atoms with Crippen LogP contribution in [0.1, 0.15) is 79.8 Å². The molecule has 1 saturated carbocycles. The van der Waals surface area contributed by atoms with Gasteiger partial charge in [-0.2, -0.15) is 0 Å². The summed E-state index contributed by atoms with van der Waals surface area (Å²) < 4.78 is 17.4. The number of hydrogen-bond acceptors (Lipinski definition) is 4. The van der Waals surface area contributed by atoms with E-state index < -0.39 is 0 Å². The van der Waals surface area contributed by atoms with Crippen molar-refractivity contribution in [1.82, 2.24) is 0 Å². The maximum atomic E-state index is 12.4. The topological polar surface area (TPSA) is 44.8 Å². The van der Waals surface area contributed by atoms with Crippen molar-refractivity contribution in [2.75, 3.05) is 20.3 Å². The molecule has 1 aliphatic rings. The first-order valence-electron chi connectivity index (χ1n) is 12.6. The van der Waals surface area contributed by atoms with Crippen molar-refractivity contribution in [2.24, 2.45) is 5.92 Å². The van der Waals surface area contributed by atoms with Crippen molar-refractivity contribution in [1.29, 1.82) is 0 Å². The Bertz CT molecular complexity index is 870. The number of aryl methyl sites for hydroxylation is 1. The average Bonchev–Trinajstić information content (AvgIpc) is 2.85. The van der Waals surface area contributed by atoms with Gasteiger partial charge in [-0.05, 0) is 60.1 Å². The molecule has 0 aliphatic heterocycles. The van der Waals surface area contributed by atoms with E-state index in [-0.39, 0.29) is 12.1 Å². The highest BCUT2D eigenvalue weighted by Crippen LogP contribution is 2.30. The van der Waals surface area contributed by atoms with Crippen molar-refractivity contribution in [3.8, 4) is 11.1 Å². The van der Waals surface area contributed by atoms with Gasteiger partial charge >= 0.3 is 5.97 Å². The highest BCUT2D eigenvalue weighted by molar-refractivity contribution is 5.97.